The highest BCUT2D eigenvalue weighted by Crippen LogP contribution is 2.37. The Kier molecular flexibility index (Phi) is 5.72. The summed E-state index contributed by atoms with van der Waals surface area (Å²) in [5.41, 5.74) is 4.09. The summed E-state index contributed by atoms with van der Waals surface area (Å²) in [5, 5.41) is 9.82. The fourth-order valence-electron chi connectivity index (χ4n) is 4.20. The van der Waals surface area contributed by atoms with Gasteiger partial charge in [-0.05, 0) is 70.3 Å². The van der Waals surface area contributed by atoms with Crippen LogP contribution in [-0.2, 0) is 6.54 Å². The summed E-state index contributed by atoms with van der Waals surface area (Å²) < 4.78 is 8.28. The Morgan fingerprint density at radius 2 is 2.17 bits per heavy atom. The van der Waals surface area contributed by atoms with Crippen molar-refractivity contribution in [2.75, 3.05) is 19.7 Å². The van der Waals surface area contributed by atoms with E-state index in [9.17, 15) is 0 Å². The molecule has 0 unspecified atom stereocenters. The second-order valence-corrected chi connectivity index (χ2v) is 8.03. The largest absolute Gasteiger partial charge is 0.491 e. The predicted octanol–water partition coefficient (Wildman–Crippen LogP) is 4.10. The third-order valence-electron chi connectivity index (χ3n) is 5.72. The Balaban J connectivity index is 1.67. The van der Waals surface area contributed by atoms with Gasteiger partial charge in [-0.3, -0.25) is 5.01 Å². The fraction of sp³-hybridized carbons (Fsp3) is 0.478. The van der Waals surface area contributed by atoms with E-state index >= 15 is 0 Å². The van der Waals surface area contributed by atoms with Crippen molar-refractivity contribution in [3.05, 3.63) is 42.2 Å². The van der Waals surface area contributed by atoms with Crippen molar-refractivity contribution in [2.24, 2.45) is 5.10 Å². The van der Waals surface area contributed by atoms with Crippen LogP contribution in [0.3, 0.4) is 0 Å². The Bertz CT molecular complexity index is 908. The predicted molar refractivity (Wildman–Crippen MR) is 118 cm³/mol. The molecule has 0 amide bonds. The molecule has 6 heteroatoms. The molecule has 2 aliphatic rings. The van der Waals surface area contributed by atoms with Crippen molar-refractivity contribution in [2.45, 2.75) is 52.1 Å². The molecule has 1 saturated heterocycles. The average Bonchev–Trinajstić information content (AvgIpc) is 3.08. The van der Waals surface area contributed by atoms with Gasteiger partial charge >= 0.3 is 0 Å². The van der Waals surface area contributed by atoms with Gasteiger partial charge in [0.15, 0.2) is 0 Å². The molecule has 0 aliphatic carbocycles. The minimum absolute atomic E-state index is 0.211. The van der Waals surface area contributed by atoms with Crippen LogP contribution in [-0.4, -0.2) is 46.5 Å². The van der Waals surface area contributed by atoms with Gasteiger partial charge in [0.1, 0.15) is 23.9 Å². The van der Waals surface area contributed by atoms with Gasteiger partial charge in [0, 0.05) is 18.5 Å². The minimum Gasteiger partial charge on any atom is -0.491 e. The van der Waals surface area contributed by atoms with Crippen LogP contribution in [0.25, 0.3) is 17.1 Å². The third-order valence-corrected chi connectivity index (χ3v) is 5.72. The maximum Gasteiger partial charge on any atom is 0.144 e. The zero-order valence-electron chi connectivity index (χ0n) is 17.7. The second-order valence-electron chi connectivity index (χ2n) is 8.03. The topological polar surface area (TPSA) is 54.7 Å². The monoisotopic (exact) mass is 393 g/mol. The van der Waals surface area contributed by atoms with Crippen LogP contribution in [0.5, 0.6) is 5.75 Å². The van der Waals surface area contributed by atoms with E-state index in [0.29, 0.717) is 12.5 Å². The molecule has 3 heterocycles. The number of hydrazone groups is 1. The number of ether oxygens (including phenoxy) is 1. The summed E-state index contributed by atoms with van der Waals surface area (Å²) in [4.78, 5) is 4.94. The van der Waals surface area contributed by atoms with Gasteiger partial charge in [0.2, 0.25) is 0 Å². The molecule has 1 N–H and O–H groups in total. The first-order valence-corrected chi connectivity index (χ1v) is 10.6. The molecule has 154 valence electrons. The summed E-state index contributed by atoms with van der Waals surface area (Å²) in [7, 11) is 0. The average molecular weight is 394 g/mol. The number of fused-ring (bicyclic) bond motifs is 3. The Morgan fingerprint density at radius 1 is 1.38 bits per heavy atom. The summed E-state index contributed by atoms with van der Waals surface area (Å²) in [6.45, 7) is 14.0. The third kappa shape index (κ3) is 3.94. The van der Waals surface area contributed by atoms with E-state index in [-0.39, 0.29) is 6.04 Å². The van der Waals surface area contributed by atoms with E-state index in [1.807, 2.05) is 11.9 Å². The highest BCUT2D eigenvalue weighted by Gasteiger charge is 2.23. The first-order valence-electron chi connectivity index (χ1n) is 10.6. The molecular weight excluding hydrogens is 362 g/mol. The summed E-state index contributed by atoms with van der Waals surface area (Å²) in [6, 6.07) is 6.86. The van der Waals surface area contributed by atoms with E-state index in [1.54, 1.807) is 6.21 Å². The number of aromatic nitrogens is 2. The Labute approximate surface area is 173 Å². The van der Waals surface area contributed by atoms with Crippen molar-refractivity contribution in [3.63, 3.8) is 0 Å². The van der Waals surface area contributed by atoms with Gasteiger partial charge in [-0.15, -0.1) is 0 Å². The fourth-order valence-corrected chi connectivity index (χ4v) is 4.20. The van der Waals surface area contributed by atoms with E-state index < -0.39 is 0 Å². The number of nitrogens with one attached hydrogen (secondary N) is 1. The molecule has 2 aromatic rings. The molecule has 1 fully saturated rings. The molecule has 0 saturated carbocycles. The number of imidazole rings is 1. The lowest BCUT2D eigenvalue weighted by Gasteiger charge is -2.24. The molecule has 1 aromatic heterocycles. The molecule has 6 nitrogen and oxygen atoms in total. The molecular formula is C23H31N5O. The molecule has 1 aromatic carbocycles. The summed E-state index contributed by atoms with van der Waals surface area (Å²) in [6.07, 6.45) is 6.22. The van der Waals surface area contributed by atoms with Crippen LogP contribution in [0.2, 0.25) is 0 Å². The summed E-state index contributed by atoms with van der Waals surface area (Å²) >= 11 is 0. The SMILES string of the molecule is C=C(c1cn2c(n1)-c1ccc(C3CCNCC3)cc1OCC2)N(/N=C\C)C(C)C. The number of benzene rings is 1. The maximum atomic E-state index is 6.11. The van der Waals surface area contributed by atoms with Crippen LogP contribution in [0.4, 0.5) is 0 Å². The van der Waals surface area contributed by atoms with Crippen LogP contribution >= 0.6 is 0 Å². The number of hydrogen-bond donors (Lipinski definition) is 1. The Hall–Kier alpha value is -2.60. The van der Waals surface area contributed by atoms with Crippen LogP contribution < -0.4 is 10.1 Å². The first-order chi connectivity index (χ1) is 14.1. The maximum absolute atomic E-state index is 6.11. The van der Waals surface area contributed by atoms with E-state index in [1.165, 1.54) is 18.4 Å². The molecule has 2 aliphatic heterocycles. The number of rotatable bonds is 5. The molecule has 0 spiro atoms. The zero-order valence-corrected chi connectivity index (χ0v) is 17.7. The van der Waals surface area contributed by atoms with Crippen LogP contribution in [0, 0.1) is 0 Å². The molecule has 29 heavy (non-hydrogen) atoms. The lowest BCUT2D eigenvalue weighted by Crippen LogP contribution is -2.26. The van der Waals surface area contributed by atoms with Crippen molar-refractivity contribution in [1.82, 2.24) is 19.9 Å². The zero-order chi connectivity index (χ0) is 20.4. The van der Waals surface area contributed by atoms with Crippen molar-refractivity contribution in [3.8, 4) is 17.1 Å². The number of nitrogens with zero attached hydrogens (tertiary/aromatic N) is 4. The molecule has 0 atom stereocenters. The smallest absolute Gasteiger partial charge is 0.144 e. The minimum atomic E-state index is 0.211. The van der Waals surface area contributed by atoms with Crippen LogP contribution in [0.1, 0.15) is 50.8 Å². The van der Waals surface area contributed by atoms with Gasteiger partial charge in [-0.2, -0.15) is 5.10 Å². The molecule has 4 rings (SSSR count). The van der Waals surface area contributed by atoms with E-state index in [0.717, 1.165) is 48.2 Å². The molecule has 0 bridgehead atoms. The van der Waals surface area contributed by atoms with Gasteiger partial charge in [-0.1, -0.05) is 12.6 Å². The second kappa shape index (κ2) is 8.41. The van der Waals surface area contributed by atoms with E-state index in [4.69, 9.17) is 9.72 Å². The van der Waals surface area contributed by atoms with Crippen LogP contribution in [0.15, 0.2) is 36.1 Å². The van der Waals surface area contributed by atoms with Gasteiger partial charge in [-0.25, -0.2) is 4.98 Å². The van der Waals surface area contributed by atoms with Gasteiger partial charge in [0.25, 0.3) is 0 Å². The number of piperidine rings is 1. The Morgan fingerprint density at radius 3 is 2.90 bits per heavy atom. The van der Waals surface area contributed by atoms with Crippen molar-refractivity contribution >= 4 is 11.9 Å². The highest BCUT2D eigenvalue weighted by atomic mass is 16.5. The standard InChI is InChI=1S/C23H31N5O/c1-5-25-28(16(2)3)17(4)21-15-27-12-13-29-22-14-19(18-8-10-24-11-9-18)6-7-20(22)23(27)26-21/h5-7,14-16,18,24H,4,8-13H2,1-3H3/b25-5-. The molecule has 0 radical (unpaired) electrons. The van der Waals surface area contributed by atoms with E-state index in [2.05, 4.69) is 59.8 Å². The van der Waals surface area contributed by atoms with Gasteiger partial charge < -0.3 is 14.6 Å². The summed E-state index contributed by atoms with van der Waals surface area (Å²) in [5.74, 6) is 2.49. The lowest BCUT2D eigenvalue weighted by atomic mass is 9.89. The lowest BCUT2D eigenvalue weighted by molar-refractivity contribution is 0.306. The highest BCUT2D eigenvalue weighted by molar-refractivity contribution is 5.70. The first kappa shape index (κ1) is 19.7. The number of hydrogen-bond acceptors (Lipinski definition) is 5. The quantitative estimate of drug-likeness (QED) is 0.614. The van der Waals surface area contributed by atoms with Crippen molar-refractivity contribution < 1.29 is 4.74 Å². The normalized spacial score (nSPS) is 17.0. The van der Waals surface area contributed by atoms with Crippen molar-refractivity contribution in [1.29, 1.82) is 0 Å². The van der Waals surface area contributed by atoms with Gasteiger partial charge in [0.05, 0.1) is 17.8 Å².